The summed E-state index contributed by atoms with van der Waals surface area (Å²) in [5.41, 5.74) is 0.688. The standard InChI is InChI=1S/C35H59NO5/c1-8-11-12-13-14-15-16-17-18-31-25-39-35(40-31)26-33(6,9-2)36(34(7,10-3)28(35)5)41-27(4)29-19-21-30(22-20-29)37-23-32-24-38-32/h19-22,27-28,31-32H,8-18,23-26H2,1-7H3. The van der Waals surface area contributed by atoms with Crippen molar-refractivity contribution in [3.05, 3.63) is 29.8 Å². The van der Waals surface area contributed by atoms with Crippen LogP contribution in [0.15, 0.2) is 24.3 Å². The summed E-state index contributed by atoms with van der Waals surface area (Å²) in [6.07, 6.45) is 14.9. The zero-order valence-corrected chi connectivity index (χ0v) is 27.2. The van der Waals surface area contributed by atoms with Gasteiger partial charge in [0.05, 0.1) is 24.9 Å². The molecular formula is C35H59NO5. The highest BCUT2D eigenvalue weighted by Crippen LogP contribution is 2.55. The van der Waals surface area contributed by atoms with E-state index in [1.54, 1.807) is 0 Å². The van der Waals surface area contributed by atoms with Gasteiger partial charge in [-0.3, -0.25) is 4.84 Å². The van der Waals surface area contributed by atoms with Gasteiger partial charge in [-0.05, 0) is 57.7 Å². The number of hydrogen-bond donors (Lipinski definition) is 0. The smallest absolute Gasteiger partial charge is 0.175 e. The van der Waals surface area contributed by atoms with Crippen molar-refractivity contribution < 1.29 is 23.8 Å². The molecule has 3 aliphatic heterocycles. The molecule has 3 fully saturated rings. The van der Waals surface area contributed by atoms with Crippen LogP contribution in [0.5, 0.6) is 5.75 Å². The fourth-order valence-corrected chi connectivity index (χ4v) is 6.95. The lowest BCUT2D eigenvalue weighted by molar-refractivity contribution is -0.380. The van der Waals surface area contributed by atoms with Gasteiger partial charge in [0, 0.05) is 17.9 Å². The third kappa shape index (κ3) is 7.86. The summed E-state index contributed by atoms with van der Waals surface area (Å²) in [7, 11) is 0. The molecule has 41 heavy (non-hydrogen) atoms. The number of hydroxylamine groups is 2. The highest BCUT2D eigenvalue weighted by atomic mass is 16.8. The second-order valence-electron chi connectivity index (χ2n) is 13.5. The average molecular weight is 574 g/mol. The molecule has 4 rings (SSSR count). The van der Waals surface area contributed by atoms with E-state index < -0.39 is 5.79 Å². The molecule has 0 bridgehead atoms. The van der Waals surface area contributed by atoms with Crippen molar-refractivity contribution in [2.75, 3.05) is 19.8 Å². The van der Waals surface area contributed by atoms with Gasteiger partial charge in [-0.25, -0.2) is 0 Å². The van der Waals surface area contributed by atoms with Gasteiger partial charge in [0.2, 0.25) is 0 Å². The first-order valence-corrected chi connectivity index (χ1v) is 16.8. The largest absolute Gasteiger partial charge is 0.491 e. The molecule has 3 saturated heterocycles. The molecule has 0 saturated carbocycles. The third-order valence-electron chi connectivity index (χ3n) is 10.4. The maximum atomic E-state index is 6.93. The van der Waals surface area contributed by atoms with E-state index in [0.717, 1.165) is 43.6 Å². The SMILES string of the molecule is CCCCCCCCCCC1COC2(CC(C)(CC)N(OC(C)c3ccc(OCC4CO4)cc3)C(C)(CC)C2C)O1. The number of nitrogens with zero attached hydrogens (tertiary/aromatic N) is 1. The first kappa shape index (κ1) is 32.7. The minimum Gasteiger partial charge on any atom is -0.491 e. The predicted octanol–water partition coefficient (Wildman–Crippen LogP) is 8.78. The normalized spacial score (nSPS) is 34.3. The molecule has 1 aromatic carbocycles. The number of benzene rings is 1. The zero-order valence-electron chi connectivity index (χ0n) is 27.2. The Balaban J connectivity index is 1.37. The van der Waals surface area contributed by atoms with E-state index in [2.05, 4.69) is 65.7 Å². The monoisotopic (exact) mass is 573 g/mol. The summed E-state index contributed by atoms with van der Waals surface area (Å²) in [6.45, 7) is 18.1. The van der Waals surface area contributed by atoms with Crippen molar-refractivity contribution in [2.24, 2.45) is 5.92 Å². The molecule has 1 spiro atoms. The fraction of sp³-hybridized carbons (Fsp3) is 0.829. The van der Waals surface area contributed by atoms with Crippen LogP contribution < -0.4 is 4.74 Å². The summed E-state index contributed by atoms with van der Waals surface area (Å²) >= 11 is 0. The quantitative estimate of drug-likeness (QED) is 0.137. The lowest BCUT2D eigenvalue weighted by Crippen LogP contribution is -2.71. The van der Waals surface area contributed by atoms with Crippen molar-refractivity contribution in [1.29, 1.82) is 0 Å². The van der Waals surface area contributed by atoms with Gasteiger partial charge in [-0.1, -0.05) is 91.2 Å². The summed E-state index contributed by atoms with van der Waals surface area (Å²) in [5, 5.41) is 2.33. The molecule has 6 nitrogen and oxygen atoms in total. The molecule has 3 aliphatic rings. The van der Waals surface area contributed by atoms with Gasteiger partial charge in [0.15, 0.2) is 5.79 Å². The third-order valence-corrected chi connectivity index (χ3v) is 10.4. The van der Waals surface area contributed by atoms with Crippen LogP contribution in [0.1, 0.15) is 137 Å². The molecule has 0 amide bonds. The molecule has 0 aliphatic carbocycles. The summed E-state index contributed by atoms with van der Waals surface area (Å²) in [5.74, 6) is 0.475. The number of rotatable bonds is 17. The van der Waals surface area contributed by atoms with Gasteiger partial charge >= 0.3 is 0 Å². The molecular weight excluding hydrogens is 514 g/mol. The Hall–Kier alpha value is -1.18. The molecule has 0 N–H and O–H groups in total. The Morgan fingerprint density at radius 2 is 1.56 bits per heavy atom. The van der Waals surface area contributed by atoms with Gasteiger partial charge in [0.1, 0.15) is 24.6 Å². The Kier molecular flexibility index (Phi) is 11.6. The number of piperidine rings is 1. The lowest BCUT2D eigenvalue weighted by Gasteiger charge is -2.62. The van der Waals surface area contributed by atoms with Crippen molar-refractivity contribution in [3.8, 4) is 5.75 Å². The molecule has 234 valence electrons. The van der Waals surface area contributed by atoms with E-state index in [1.807, 2.05) is 12.1 Å². The van der Waals surface area contributed by atoms with Crippen LogP contribution in [-0.2, 0) is 19.0 Å². The Bertz CT molecular complexity index is 922. The maximum absolute atomic E-state index is 6.93. The second-order valence-corrected chi connectivity index (χ2v) is 13.5. The van der Waals surface area contributed by atoms with Crippen molar-refractivity contribution in [3.63, 3.8) is 0 Å². The molecule has 1 aromatic rings. The highest BCUT2D eigenvalue weighted by Gasteiger charge is 2.64. The van der Waals surface area contributed by atoms with Gasteiger partial charge in [-0.2, -0.15) is 5.06 Å². The van der Waals surface area contributed by atoms with Crippen LogP contribution in [0.3, 0.4) is 0 Å². The summed E-state index contributed by atoms with van der Waals surface area (Å²) in [4.78, 5) is 6.93. The van der Waals surface area contributed by atoms with Crippen LogP contribution in [-0.4, -0.2) is 54.0 Å². The number of epoxide rings is 1. The van der Waals surface area contributed by atoms with Gasteiger partial charge in [-0.15, -0.1) is 0 Å². The van der Waals surface area contributed by atoms with E-state index in [9.17, 15) is 0 Å². The predicted molar refractivity (Wildman–Crippen MR) is 165 cm³/mol. The zero-order chi connectivity index (χ0) is 29.5. The van der Waals surface area contributed by atoms with Crippen LogP contribution in [0, 0.1) is 5.92 Å². The van der Waals surface area contributed by atoms with Crippen LogP contribution in [0.4, 0.5) is 0 Å². The van der Waals surface area contributed by atoms with Gasteiger partial charge in [0.25, 0.3) is 0 Å². The first-order valence-electron chi connectivity index (χ1n) is 16.8. The van der Waals surface area contributed by atoms with Crippen LogP contribution >= 0.6 is 0 Å². The van der Waals surface area contributed by atoms with E-state index in [4.69, 9.17) is 23.8 Å². The van der Waals surface area contributed by atoms with Crippen molar-refractivity contribution >= 4 is 0 Å². The minimum atomic E-state index is -0.562. The van der Waals surface area contributed by atoms with Crippen LogP contribution in [0.25, 0.3) is 0 Å². The molecule has 0 radical (unpaired) electrons. The Morgan fingerprint density at radius 1 is 0.902 bits per heavy atom. The summed E-state index contributed by atoms with van der Waals surface area (Å²) in [6, 6.07) is 8.31. The fourth-order valence-electron chi connectivity index (χ4n) is 6.95. The summed E-state index contributed by atoms with van der Waals surface area (Å²) < 4.78 is 24.7. The van der Waals surface area contributed by atoms with E-state index >= 15 is 0 Å². The van der Waals surface area contributed by atoms with E-state index in [0.29, 0.717) is 13.2 Å². The molecule has 6 heteroatoms. The van der Waals surface area contributed by atoms with E-state index in [1.165, 1.54) is 51.4 Å². The number of hydrogen-bond acceptors (Lipinski definition) is 6. The van der Waals surface area contributed by atoms with Crippen molar-refractivity contribution in [2.45, 2.75) is 161 Å². The van der Waals surface area contributed by atoms with Crippen LogP contribution in [0.2, 0.25) is 0 Å². The highest BCUT2D eigenvalue weighted by molar-refractivity contribution is 5.28. The Morgan fingerprint density at radius 3 is 2.17 bits per heavy atom. The molecule has 7 unspecified atom stereocenters. The maximum Gasteiger partial charge on any atom is 0.175 e. The first-order chi connectivity index (χ1) is 19.7. The number of ether oxygens (including phenoxy) is 4. The second kappa shape index (κ2) is 14.5. The Labute approximate surface area is 250 Å². The average Bonchev–Trinajstić information content (AvgIpc) is 3.73. The van der Waals surface area contributed by atoms with E-state index in [-0.39, 0.29) is 35.3 Å². The lowest BCUT2D eigenvalue weighted by atomic mass is 9.67. The van der Waals surface area contributed by atoms with Gasteiger partial charge < -0.3 is 18.9 Å². The topological polar surface area (TPSA) is 52.7 Å². The molecule has 0 aromatic heterocycles. The number of unbranched alkanes of at least 4 members (excludes halogenated alkanes) is 7. The van der Waals surface area contributed by atoms with Crippen molar-refractivity contribution in [1.82, 2.24) is 5.06 Å². The molecule has 3 heterocycles. The minimum absolute atomic E-state index is 0.0889. The molecule has 7 atom stereocenters.